The van der Waals surface area contributed by atoms with Gasteiger partial charge in [0.05, 0.1) is 16.4 Å². The molecule has 0 aliphatic carbocycles. The van der Waals surface area contributed by atoms with Crippen LogP contribution in [0.5, 0.6) is 0 Å². The van der Waals surface area contributed by atoms with E-state index in [1.54, 1.807) is 6.20 Å². The number of nitrogens with two attached hydrogens (primary N) is 1. The van der Waals surface area contributed by atoms with Crippen molar-refractivity contribution in [2.45, 2.75) is 25.8 Å². The lowest BCUT2D eigenvalue weighted by molar-refractivity contribution is 0.371. The number of nitrogen functional groups attached to an aromatic ring is 1. The minimum atomic E-state index is 0.548. The summed E-state index contributed by atoms with van der Waals surface area (Å²) in [6, 6.07) is 0.548. The van der Waals surface area contributed by atoms with Gasteiger partial charge in [0.2, 0.25) is 0 Å². The number of hydrogen-bond donors (Lipinski definition) is 1. The molecule has 100 valence electrons. The summed E-state index contributed by atoms with van der Waals surface area (Å²) in [6.45, 7) is 4.17. The van der Waals surface area contributed by atoms with Gasteiger partial charge in [-0.1, -0.05) is 0 Å². The maximum atomic E-state index is 5.88. The number of nitrogens with zero attached hydrogens (tertiary/aromatic N) is 3. The van der Waals surface area contributed by atoms with Crippen molar-refractivity contribution in [3.63, 3.8) is 0 Å². The first-order valence-electron chi connectivity index (χ1n) is 6.32. The van der Waals surface area contributed by atoms with Crippen LogP contribution in [-0.4, -0.2) is 43.1 Å². The van der Waals surface area contributed by atoms with Gasteiger partial charge in [-0.25, -0.2) is 4.98 Å². The predicted octanol–water partition coefficient (Wildman–Crippen LogP) is 2.27. The maximum absolute atomic E-state index is 5.88. The van der Waals surface area contributed by atoms with E-state index in [-0.39, 0.29) is 0 Å². The van der Waals surface area contributed by atoms with Crippen LogP contribution < -0.4 is 10.6 Å². The van der Waals surface area contributed by atoms with Gasteiger partial charge in [-0.15, -0.1) is 0 Å². The number of hydrogen-bond acceptors (Lipinski definition) is 4. The second kappa shape index (κ2) is 5.45. The van der Waals surface area contributed by atoms with Crippen molar-refractivity contribution in [1.29, 1.82) is 0 Å². The summed E-state index contributed by atoms with van der Waals surface area (Å²) >= 11 is 3.64. The highest BCUT2D eigenvalue weighted by Gasteiger charge is 2.28. The molecule has 1 fully saturated rings. The van der Waals surface area contributed by atoms with Gasteiger partial charge in [-0.2, -0.15) is 0 Å². The molecular formula is C13H21BrN4. The number of halogens is 1. The van der Waals surface area contributed by atoms with Crippen LogP contribution >= 0.6 is 15.9 Å². The first-order chi connectivity index (χ1) is 8.50. The quantitative estimate of drug-likeness (QED) is 0.930. The third kappa shape index (κ3) is 2.62. The molecule has 1 aromatic rings. The Morgan fingerprint density at radius 1 is 1.56 bits per heavy atom. The van der Waals surface area contributed by atoms with Crippen molar-refractivity contribution in [2.24, 2.45) is 0 Å². The highest BCUT2D eigenvalue weighted by Crippen LogP contribution is 2.34. The molecule has 0 spiro atoms. The van der Waals surface area contributed by atoms with Gasteiger partial charge in [0, 0.05) is 19.1 Å². The number of aromatic nitrogens is 1. The lowest BCUT2D eigenvalue weighted by Gasteiger charge is -2.29. The van der Waals surface area contributed by atoms with Crippen LogP contribution in [-0.2, 0) is 0 Å². The van der Waals surface area contributed by atoms with Crippen LogP contribution in [0.15, 0.2) is 10.7 Å². The molecule has 1 aliphatic rings. The lowest BCUT2D eigenvalue weighted by atomic mass is 10.2. The first kappa shape index (κ1) is 13.6. The largest absolute Gasteiger partial charge is 0.397 e. The molecule has 0 amide bonds. The molecule has 1 unspecified atom stereocenters. The molecule has 1 aliphatic heterocycles. The maximum Gasteiger partial charge on any atom is 0.143 e. The second-order valence-corrected chi connectivity index (χ2v) is 6.02. The molecule has 1 saturated heterocycles. The van der Waals surface area contributed by atoms with Crippen molar-refractivity contribution in [3.8, 4) is 0 Å². The Balaban J connectivity index is 2.28. The molecule has 0 aromatic carbocycles. The van der Waals surface area contributed by atoms with E-state index in [2.05, 4.69) is 44.8 Å². The van der Waals surface area contributed by atoms with Crippen molar-refractivity contribution in [1.82, 2.24) is 9.88 Å². The monoisotopic (exact) mass is 312 g/mol. The van der Waals surface area contributed by atoms with Gasteiger partial charge in [0.15, 0.2) is 0 Å². The van der Waals surface area contributed by atoms with E-state index < -0.39 is 0 Å². The molecule has 2 heterocycles. The zero-order valence-corrected chi connectivity index (χ0v) is 12.9. The second-order valence-electron chi connectivity index (χ2n) is 5.23. The van der Waals surface area contributed by atoms with E-state index in [1.165, 1.54) is 12.8 Å². The average molecular weight is 313 g/mol. The minimum absolute atomic E-state index is 0.548. The summed E-state index contributed by atoms with van der Waals surface area (Å²) in [4.78, 5) is 9.15. The zero-order valence-electron chi connectivity index (χ0n) is 11.3. The number of pyridine rings is 1. The summed E-state index contributed by atoms with van der Waals surface area (Å²) in [7, 11) is 4.24. The van der Waals surface area contributed by atoms with Gasteiger partial charge < -0.3 is 15.5 Å². The van der Waals surface area contributed by atoms with Gasteiger partial charge >= 0.3 is 0 Å². The summed E-state index contributed by atoms with van der Waals surface area (Å²) in [5, 5.41) is 0. The van der Waals surface area contributed by atoms with Crippen LogP contribution in [0.3, 0.4) is 0 Å². The standard InChI is InChI=1S/C13H21BrN4/c1-9-11(15)7-16-13(12(9)14)18-6-4-5-10(18)8-17(2)3/h7,10H,4-6,8,15H2,1-3H3. The predicted molar refractivity (Wildman–Crippen MR) is 80.0 cm³/mol. The summed E-state index contributed by atoms with van der Waals surface area (Å²) in [5.41, 5.74) is 7.71. The third-order valence-electron chi connectivity index (χ3n) is 3.51. The fourth-order valence-corrected chi connectivity index (χ4v) is 3.06. The molecule has 18 heavy (non-hydrogen) atoms. The average Bonchev–Trinajstić information content (AvgIpc) is 2.73. The van der Waals surface area contributed by atoms with Gasteiger partial charge in [0.1, 0.15) is 5.82 Å². The van der Waals surface area contributed by atoms with Gasteiger partial charge in [0.25, 0.3) is 0 Å². The van der Waals surface area contributed by atoms with E-state index in [9.17, 15) is 0 Å². The van der Waals surface area contributed by atoms with Crippen LogP contribution in [0.2, 0.25) is 0 Å². The zero-order chi connectivity index (χ0) is 13.3. The molecule has 0 bridgehead atoms. The minimum Gasteiger partial charge on any atom is -0.397 e. The molecule has 0 radical (unpaired) electrons. The fraction of sp³-hybridized carbons (Fsp3) is 0.615. The van der Waals surface area contributed by atoms with E-state index in [0.29, 0.717) is 6.04 Å². The van der Waals surface area contributed by atoms with E-state index in [0.717, 1.165) is 34.6 Å². The highest BCUT2D eigenvalue weighted by atomic mass is 79.9. The Labute approximate surface area is 117 Å². The summed E-state index contributed by atoms with van der Waals surface area (Å²) in [6.07, 6.45) is 4.23. The number of anilines is 2. The molecule has 2 rings (SSSR count). The molecule has 2 N–H and O–H groups in total. The topological polar surface area (TPSA) is 45.4 Å². The molecule has 0 saturated carbocycles. The van der Waals surface area contributed by atoms with Crippen LogP contribution in [0.4, 0.5) is 11.5 Å². The molecular weight excluding hydrogens is 292 g/mol. The van der Waals surface area contributed by atoms with Crippen molar-refractivity contribution < 1.29 is 0 Å². The van der Waals surface area contributed by atoms with Crippen LogP contribution in [0.25, 0.3) is 0 Å². The number of likely N-dealkylation sites (N-methyl/N-ethyl adjacent to an activating group) is 1. The van der Waals surface area contributed by atoms with Gasteiger partial charge in [-0.05, 0) is 55.4 Å². The first-order valence-corrected chi connectivity index (χ1v) is 7.12. The smallest absolute Gasteiger partial charge is 0.143 e. The lowest BCUT2D eigenvalue weighted by Crippen LogP contribution is -2.38. The normalized spacial score (nSPS) is 19.8. The molecule has 1 atom stereocenters. The Morgan fingerprint density at radius 2 is 2.28 bits per heavy atom. The Bertz CT molecular complexity index is 433. The van der Waals surface area contributed by atoms with Gasteiger partial charge in [-0.3, -0.25) is 0 Å². The highest BCUT2D eigenvalue weighted by molar-refractivity contribution is 9.10. The SMILES string of the molecule is Cc1c(N)cnc(N2CCCC2CN(C)C)c1Br. The van der Waals surface area contributed by atoms with Crippen LogP contribution in [0.1, 0.15) is 18.4 Å². The molecule has 5 heteroatoms. The van der Waals surface area contributed by atoms with E-state index in [4.69, 9.17) is 5.73 Å². The van der Waals surface area contributed by atoms with Crippen LogP contribution in [0, 0.1) is 6.92 Å². The summed E-state index contributed by atoms with van der Waals surface area (Å²) in [5.74, 6) is 1.03. The van der Waals surface area contributed by atoms with Crippen molar-refractivity contribution in [2.75, 3.05) is 37.8 Å². The van der Waals surface area contributed by atoms with Crippen molar-refractivity contribution >= 4 is 27.4 Å². The third-order valence-corrected chi connectivity index (χ3v) is 4.46. The summed E-state index contributed by atoms with van der Waals surface area (Å²) < 4.78 is 1.04. The van der Waals surface area contributed by atoms with E-state index >= 15 is 0 Å². The van der Waals surface area contributed by atoms with E-state index in [1.807, 2.05) is 6.92 Å². The van der Waals surface area contributed by atoms with Crippen molar-refractivity contribution in [3.05, 3.63) is 16.2 Å². The number of rotatable bonds is 3. The molecule has 1 aromatic heterocycles. The Hall–Kier alpha value is -0.810. The molecule has 4 nitrogen and oxygen atoms in total. The Morgan fingerprint density at radius 3 is 2.94 bits per heavy atom. The fourth-order valence-electron chi connectivity index (χ4n) is 2.50. The Kier molecular flexibility index (Phi) is 4.12.